The molecule has 1 aromatic heterocycles. The first-order chi connectivity index (χ1) is 16.9. The van der Waals surface area contributed by atoms with E-state index in [-0.39, 0.29) is 12.5 Å². The number of hydrogen-bond acceptors (Lipinski definition) is 4. The van der Waals surface area contributed by atoms with Gasteiger partial charge in [0.25, 0.3) is 5.91 Å². The molecule has 1 amide bonds. The van der Waals surface area contributed by atoms with Gasteiger partial charge in [0, 0.05) is 16.6 Å². The number of hydrogen-bond donors (Lipinski definition) is 1. The molecule has 35 heavy (non-hydrogen) atoms. The van der Waals surface area contributed by atoms with Crippen molar-refractivity contribution in [2.45, 2.75) is 40.5 Å². The fourth-order valence-electron chi connectivity index (χ4n) is 4.37. The Morgan fingerprint density at radius 2 is 1.60 bits per heavy atom. The molecule has 0 saturated heterocycles. The molecule has 1 heterocycles. The monoisotopic (exact) mass is 466 g/mol. The number of benzene rings is 3. The number of aromatic nitrogens is 1. The Morgan fingerprint density at radius 1 is 0.886 bits per heavy atom. The van der Waals surface area contributed by atoms with Crippen molar-refractivity contribution < 1.29 is 14.3 Å². The van der Waals surface area contributed by atoms with Crippen LogP contribution in [0.5, 0.6) is 0 Å². The zero-order chi connectivity index (χ0) is 24.9. The van der Waals surface area contributed by atoms with E-state index in [1.165, 1.54) is 0 Å². The molecule has 5 heteroatoms. The quantitative estimate of drug-likeness (QED) is 0.318. The molecule has 0 spiro atoms. The molecular formula is C30H30N2O3. The molecule has 4 aromatic rings. The molecule has 0 fully saturated rings. The zero-order valence-electron chi connectivity index (χ0n) is 20.6. The fraction of sp³-hybridized carbons (Fsp3) is 0.233. The van der Waals surface area contributed by atoms with Crippen LogP contribution >= 0.6 is 0 Å². The summed E-state index contributed by atoms with van der Waals surface area (Å²) in [5.74, 6) is -0.911. The van der Waals surface area contributed by atoms with Gasteiger partial charge < -0.3 is 10.1 Å². The maximum absolute atomic E-state index is 13.2. The lowest BCUT2D eigenvalue weighted by Crippen LogP contribution is -2.22. The smallest absolute Gasteiger partial charge is 0.339 e. The Hall–Kier alpha value is -3.99. The number of pyridine rings is 1. The standard InChI is InChI=1S/C30H30N2O3/c1-5-21-10-9-11-22(6-2)29(21)32-28(33)18-35-30(34)25-17-27(23-15-14-19(3)16-20(23)4)31-26-13-8-7-12-24(25)26/h7-17H,5-6,18H2,1-4H3,(H,32,33). The van der Waals surface area contributed by atoms with E-state index in [0.29, 0.717) is 22.2 Å². The lowest BCUT2D eigenvalue weighted by atomic mass is 9.99. The van der Waals surface area contributed by atoms with Crippen molar-refractivity contribution in [3.63, 3.8) is 0 Å². The highest BCUT2D eigenvalue weighted by Crippen LogP contribution is 2.28. The number of carbonyl (C=O) groups excluding carboxylic acids is 2. The average Bonchev–Trinajstić information content (AvgIpc) is 2.86. The predicted octanol–water partition coefficient (Wildman–Crippen LogP) is 6.44. The van der Waals surface area contributed by atoms with E-state index in [1.54, 1.807) is 6.07 Å². The highest BCUT2D eigenvalue weighted by Gasteiger charge is 2.18. The number of carbonyl (C=O) groups is 2. The second-order valence-electron chi connectivity index (χ2n) is 8.67. The second-order valence-corrected chi connectivity index (χ2v) is 8.67. The molecule has 3 aromatic carbocycles. The third-order valence-corrected chi connectivity index (χ3v) is 6.19. The first-order valence-corrected chi connectivity index (χ1v) is 12.0. The van der Waals surface area contributed by atoms with Crippen molar-refractivity contribution in [1.29, 1.82) is 0 Å². The summed E-state index contributed by atoms with van der Waals surface area (Å²) < 4.78 is 5.48. The molecule has 1 N–H and O–H groups in total. The van der Waals surface area contributed by atoms with Crippen molar-refractivity contribution in [2.75, 3.05) is 11.9 Å². The first kappa shape index (κ1) is 24.1. The van der Waals surface area contributed by atoms with E-state index in [4.69, 9.17) is 9.72 Å². The van der Waals surface area contributed by atoms with Gasteiger partial charge in [-0.15, -0.1) is 0 Å². The Morgan fingerprint density at radius 3 is 2.29 bits per heavy atom. The maximum atomic E-state index is 13.2. The number of nitrogens with zero attached hydrogens (tertiary/aromatic N) is 1. The number of nitrogens with one attached hydrogen (secondary N) is 1. The van der Waals surface area contributed by atoms with Crippen LogP contribution in [0.3, 0.4) is 0 Å². The van der Waals surface area contributed by atoms with Crippen LogP contribution in [0.4, 0.5) is 5.69 Å². The van der Waals surface area contributed by atoms with Crippen molar-refractivity contribution in [3.05, 3.63) is 94.5 Å². The van der Waals surface area contributed by atoms with E-state index in [1.807, 2.05) is 82.3 Å². The summed E-state index contributed by atoms with van der Waals surface area (Å²) in [6.07, 6.45) is 1.60. The Bertz CT molecular complexity index is 1390. The van der Waals surface area contributed by atoms with Gasteiger partial charge in [-0.1, -0.05) is 74.0 Å². The van der Waals surface area contributed by atoms with Gasteiger partial charge in [-0.25, -0.2) is 9.78 Å². The van der Waals surface area contributed by atoms with Gasteiger partial charge in [0.1, 0.15) is 0 Å². The molecule has 4 rings (SSSR count). The Labute approximate surface area is 206 Å². The van der Waals surface area contributed by atoms with Crippen LogP contribution < -0.4 is 5.32 Å². The molecular weight excluding hydrogens is 436 g/mol. The van der Waals surface area contributed by atoms with E-state index in [9.17, 15) is 9.59 Å². The summed E-state index contributed by atoms with van der Waals surface area (Å²) in [7, 11) is 0. The molecule has 0 saturated carbocycles. The molecule has 0 bridgehead atoms. The van der Waals surface area contributed by atoms with Gasteiger partial charge in [0.05, 0.1) is 16.8 Å². The summed E-state index contributed by atoms with van der Waals surface area (Å²) in [5, 5.41) is 3.64. The van der Waals surface area contributed by atoms with Crippen LogP contribution in [0, 0.1) is 13.8 Å². The number of fused-ring (bicyclic) bond motifs is 1. The number of anilines is 1. The summed E-state index contributed by atoms with van der Waals surface area (Å²) in [4.78, 5) is 30.6. The summed E-state index contributed by atoms with van der Waals surface area (Å²) in [6, 6.07) is 21.3. The predicted molar refractivity (Wildman–Crippen MR) is 141 cm³/mol. The van der Waals surface area contributed by atoms with Crippen LogP contribution in [0.25, 0.3) is 22.2 Å². The van der Waals surface area contributed by atoms with Crippen molar-refractivity contribution in [3.8, 4) is 11.3 Å². The molecule has 0 radical (unpaired) electrons. The van der Waals surface area contributed by atoms with E-state index in [0.717, 1.165) is 46.3 Å². The minimum absolute atomic E-state index is 0.359. The van der Waals surface area contributed by atoms with E-state index >= 15 is 0 Å². The van der Waals surface area contributed by atoms with Crippen LogP contribution in [-0.4, -0.2) is 23.5 Å². The summed E-state index contributed by atoms with van der Waals surface area (Å²) in [5.41, 5.74) is 7.90. The third kappa shape index (κ3) is 5.24. The number of esters is 1. The van der Waals surface area contributed by atoms with Crippen LogP contribution in [0.15, 0.2) is 66.7 Å². The largest absolute Gasteiger partial charge is 0.452 e. The molecule has 0 atom stereocenters. The highest BCUT2D eigenvalue weighted by molar-refractivity contribution is 6.05. The zero-order valence-corrected chi connectivity index (χ0v) is 20.6. The number of amides is 1. The van der Waals surface area contributed by atoms with Crippen LogP contribution in [0.1, 0.15) is 46.5 Å². The summed E-state index contributed by atoms with van der Waals surface area (Å²) in [6.45, 7) is 7.80. The van der Waals surface area contributed by atoms with Crippen LogP contribution in [-0.2, 0) is 22.4 Å². The Balaban J connectivity index is 1.59. The average molecular weight is 467 g/mol. The van der Waals surface area contributed by atoms with Crippen molar-refractivity contribution in [1.82, 2.24) is 4.98 Å². The van der Waals surface area contributed by atoms with Crippen molar-refractivity contribution in [2.24, 2.45) is 0 Å². The van der Waals surface area contributed by atoms with Crippen LogP contribution in [0.2, 0.25) is 0 Å². The SMILES string of the molecule is CCc1cccc(CC)c1NC(=O)COC(=O)c1cc(-c2ccc(C)cc2C)nc2ccccc12. The molecule has 0 aliphatic heterocycles. The molecule has 0 aliphatic carbocycles. The number of aryl methyl sites for hydroxylation is 4. The molecule has 0 aliphatic rings. The Kier molecular flexibility index (Phi) is 7.25. The minimum Gasteiger partial charge on any atom is -0.452 e. The first-order valence-electron chi connectivity index (χ1n) is 12.0. The fourth-order valence-corrected chi connectivity index (χ4v) is 4.37. The van der Waals surface area contributed by atoms with Crippen molar-refractivity contribution >= 4 is 28.5 Å². The third-order valence-electron chi connectivity index (χ3n) is 6.19. The second kappa shape index (κ2) is 10.5. The van der Waals surface area contributed by atoms with Gasteiger partial charge in [0.15, 0.2) is 6.61 Å². The lowest BCUT2D eigenvalue weighted by Gasteiger charge is -2.15. The van der Waals surface area contributed by atoms with Gasteiger partial charge in [-0.3, -0.25) is 4.79 Å². The van der Waals surface area contributed by atoms with E-state index in [2.05, 4.69) is 11.4 Å². The van der Waals surface area contributed by atoms with Gasteiger partial charge >= 0.3 is 5.97 Å². The van der Waals surface area contributed by atoms with Gasteiger partial charge in [-0.05, 0) is 55.5 Å². The summed E-state index contributed by atoms with van der Waals surface area (Å²) >= 11 is 0. The minimum atomic E-state index is -0.552. The normalized spacial score (nSPS) is 10.9. The lowest BCUT2D eigenvalue weighted by molar-refractivity contribution is -0.119. The molecule has 178 valence electrons. The van der Waals surface area contributed by atoms with Gasteiger partial charge in [-0.2, -0.15) is 0 Å². The number of rotatable bonds is 7. The molecule has 5 nitrogen and oxygen atoms in total. The molecule has 0 unspecified atom stereocenters. The number of ether oxygens (including phenoxy) is 1. The van der Waals surface area contributed by atoms with E-state index < -0.39 is 5.97 Å². The van der Waals surface area contributed by atoms with Gasteiger partial charge in [0.2, 0.25) is 0 Å². The maximum Gasteiger partial charge on any atom is 0.339 e. The topological polar surface area (TPSA) is 68.3 Å². The number of para-hydroxylation sites is 2. The highest BCUT2D eigenvalue weighted by atomic mass is 16.5.